The number of carbonyl (C=O) groups excluding carboxylic acids is 2. The normalized spacial score (nSPS) is 16.1. The number of aliphatic hydroxyl groups excluding tert-OH is 1. The minimum absolute atomic E-state index is 0.0521. The number of anilines is 1. The number of Topliss-reactive ketones (excluding diaryl/α,β-unsaturated/α-hetero) is 1. The molecule has 5 aromatic rings. The van der Waals surface area contributed by atoms with Crippen molar-refractivity contribution in [1.29, 1.82) is 0 Å². The van der Waals surface area contributed by atoms with Gasteiger partial charge in [-0.3, -0.25) is 19.5 Å². The fourth-order valence-electron chi connectivity index (χ4n) is 4.55. The molecule has 0 saturated carbocycles. The molecule has 6 rings (SSSR count). The molecule has 0 radical (unpaired) electrons. The van der Waals surface area contributed by atoms with E-state index in [1.54, 1.807) is 42.6 Å². The van der Waals surface area contributed by atoms with Crippen LogP contribution >= 0.6 is 0 Å². The van der Waals surface area contributed by atoms with Crippen LogP contribution in [0.15, 0.2) is 113 Å². The Balaban J connectivity index is 1.55. The first kappa shape index (κ1) is 19.9. The number of rotatable bonds is 4. The van der Waals surface area contributed by atoms with Crippen LogP contribution in [-0.4, -0.2) is 21.8 Å². The van der Waals surface area contributed by atoms with E-state index in [1.807, 2.05) is 54.6 Å². The second-order valence-electron chi connectivity index (χ2n) is 8.07. The number of furan rings is 1. The van der Waals surface area contributed by atoms with Gasteiger partial charge in [0.2, 0.25) is 5.78 Å². The first-order valence-electron chi connectivity index (χ1n) is 10.8. The number of aliphatic hydroxyl groups is 1. The lowest BCUT2D eigenvalue weighted by molar-refractivity contribution is -0.117. The molecule has 0 aliphatic carbocycles. The van der Waals surface area contributed by atoms with E-state index < -0.39 is 23.5 Å². The molecule has 0 saturated heterocycles. The van der Waals surface area contributed by atoms with Gasteiger partial charge in [0.15, 0.2) is 11.5 Å². The molecule has 1 N–H and O–H groups in total. The SMILES string of the molecule is O=C(C1=C(O)C(=O)N(c2cccc3ccccc23)C1c1ccccn1)c1cc2ccccc2o1. The Hall–Kier alpha value is -4.71. The summed E-state index contributed by atoms with van der Waals surface area (Å²) in [5.41, 5.74) is 1.54. The maximum absolute atomic E-state index is 13.7. The fourth-order valence-corrected chi connectivity index (χ4v) is 4.55. The molecule has 1 amide bonds. The van der Waals surface area contributed by atoms with E-state index in [2.05, 4.69) is 4.98 Å². The maximum atomic E-state index is 13.7. The standard InChI is InChI=1S/C28H18N2O4/c31-26(23-16-18-9-2-4-14-22(18)34-23)24-25(20-12-5-6-15-29-20)30(28(33)27(24)32)21-13-7-10-17-8-1-3-11-19(17)21/h1-16,25,32H. The van der Waals surface area contributed by atoms with Crippen LogP contribution in [0.2, 0.25) is 0 Å². The van der Waals surface area contributed by atoms with Gasteiger partial charge in [-0.05, 0) is 35.7 Å². The van der Waals surface area contributed by atoms with Crippen molar-refractivity contribution in [3.8, 4) is 0 Å². The number of ketones is 1. The molecule has 34 heavy (non-hydrogen) atoms. The minimum Gasteiger partial charge on any atom is -0.503 e. The Morgan fingerprint density at radius 1 is 0.882 bits per heavy atom. The molecule has 3 aromatic carbocycles. The predicted octanol–water partition coefficient (Wildman–Crippen LogP) is 5.76. The van der Waals surface area contributed by atoms with Crippen LogP contribution in [-0.2, 0) is 4.79 Å². The van der Waals surface area contributed by atoms with Gasteiger partial charge in [-0.1, -0.05) is 60.7 Å². The highest BCUT2D eigenvalue weighted by molar-refractivity contribution is 6.22. The quantitative estimate of drug-likeness (QED) is 0.355. The summed E-state index contributed by atoms with van der Waals surface area (Å²) >= 11 is 0. The Morgan fingerprint density at radius 2 is 1.62 bits per heavy atom. The van der Waals surface area contributed by atoms with Crippen LogP contribution in [0.5, 0.6) is 0 Å². The van der Waals surface area contributed by atoms with E-state index in [-0.39, 0.29) is 11.3 Å². The molecule has 0 fully saturated rings. The van der Waals surface area contributed by atoms with E-state index in [4.69, 9.17) is 4.42 Å². The van der Waals surface area contributed by atoms with E-state index in [1.165, 1.54) is 4.90 Å². The van der Waals surface area contributed by atoms with Gasteiger partial charge < -0.3 is 9.52 Å². The number of pyridine rings is 1. The zero-order valence-corrected chi connectivity index (χ0v) is 17.9. The van der Waals surface area contributed by atoms with Crippen LogP contribution in [0.4, 0.5) is 5.69 Å². The summed E-state index contributed by atoms with van der Waals surface area (Å²) in [6.07, 6.45) is 1.60. The second-order valence-corrected chi connectivity index (χ2v) is 8.07. The molecule has 1 aliphatic rings. The number of nitrogens with zero attached hydrogens (tertiary/aromatic N) is 2. The highest BCUT2D eigenvalue weighted by atomic mass is 16.3. The van der Waals surface area contributed by atoms with Crippen molar-refractivity contribution < 1.29 is 19.1 Å². The van der Waals surface area contributed by atoms with E-state index >= 15 is 0 Å². The minimum atomic E-state index is -0.916. The van der Waals surface area contributed by atoms with Crippen molar-refractivity contribution in [3.63, 3.8) is 0 Å². The third kappa shape index (κ3) is 3.00. The number of fused-ring (bicyclic) bond motifs is 2. The summed E-state index contributed by atoms with van der Waals surface area (Å²) in [5, 5.41) is 13.5. The molecule has 2 aromatic heterocycles. The van der Waals surface area contributed by atoms with E-state index in [0.717, 1.165) is 16.2 Å². The van der Waals surface area contributed by atoms with Crippen LogP contribution in [0.1, 0.15) is 22.3 Å². The monoisotopic (exact) mass is 446 g/mol. The van der Waals surface area contributed by atoms with Crippen LogP contribution in [0.25, 0.3) is 21.7 Å². The van der Waals surface area contributed by atoms with Gasteiger partial charge in [-0.15, -0.1) is 0 Å². The van der Waals surface area contributed by atoms with Crippen molar-refractivity contribution in [2.75, 3.05) is 4.90 Å². The number of hydrogen-bond donors (Lipinski definition) is 1. The second kappa shape index (κ2) is 7.71. The van der Waals surface area contributed by atoms with Gasteiger partial charge in [0.25, 0.3) is 5.91 Å². The first-order valence-corrected chi connectivity index (χ1v) is 10.8. The number of carbonyl (C=O) groups is 2. The summed E-state index contributed by atoms with van der Waals surface area (Å²) in [4.78, 5) is 33.0. The van der Waals surface area contributed by atoms with E-state index in [9.17, 15) is 14.7 Å². The van der Waals surface area contributed by atoms with Crippen molar-refractivity contribution >= 4 is 39.1 Å². The van der Waals surface area contributed by atoms with Gasteiger partial charge in [0.1, 0.15) is 11.6 Å². The number of benzene rings is 3. The Kier molecular flexibility index (Phi) is 4.52. The zero-order chi connectivity index (χ0) is 23.2. The van der Waals surface area contributed by atoms with Gasteiger partial charge in [0, 0.05) is 17.0 Å². The average Bonchev–Trinajstić information content (AvgIpc) is 3.43. The lowest BCUT2D eigenvalue weighted by Gasteiger charge is -2.27. The molecule has 1 unspecified atom stereocenters. The Labute approximate surface area is 194 Å². The van der Waals surface area contributed by atoms with E-state index in [0.29, 0.717) is 17.0 Å². The summed E-state index contributed by atoms with van der Waals surface area (Å²) < 4.78 is 5.78. The van der Waals surface area contributed by atoms with Crippen molar-refractivity contribution in [3.05, 3.63) is 120 Å². The van der Waals surface area contributed by atoms with Crippen molar-refractivity contribution in [1.82, 2.24) is 4.98 Å². The fraction of sp³-hybridized carbons (Fsp3) is 0.0357. The largest absolute Gasteiger partial charge is 0.503 e. The average molecular weight is 446 g/mol. The number of aromatic nitrogens is 1. The first-order chi connectivity index (χ1) is 16.6. The molecular weight excluding hydrogens is 428 g/mol. The highest BCUT2D eigenvalue weighted by Crippen LogP contribution is 2.43. The molecule has 3 heterocycles. The van der Waals surface area contributed by atoms with Crippen LogP contribution in [0.3, 0.4) is 0 Å². The number of hydrogen-bond acceptors (Lipinski definition) is 5. The molecule has 0 bridgehead atoms. The Morgan fingerprint density at radius 3 is 2.41 bits per heavy atom. The summed E-state index contributed by atoms with van der Waals surface area (Å²) in [7, 11) is 0. The third-order valence-corrected chi connectivity index (χ3v) is 6.10. The Bertz CT molecular complexity index is 1580. The number of amides is 1. The van der Waals surface area contributed by atoms with Crippen molar-refractivity contribution in [2.24, 2.45) is 0 Å². The molecule has 1 aliphatic heterocycles. The smallest absolute Gasteiger partial charge is 0.294 e. The number of para-hydroxylation sites is 1. The van der Waals surface area contributed by atoms with Gasteiger partial charge >= 0.3 is 0 Å². The highest BCUT2D eigenvalue weighted by Gasteiger charge is 2.46. The molecule has 1 atom stereocenters. The summed E-state index contributed by atoms with van der Waals surface area (Å²) in [5.74, 6) is -1.77. The zero-order valence-electron chi connectivity index (χ0n) is 17.9. The predicted molar refractivity (Wildman–Crippen MR) is 129 cm³/mol. The molecule has 0 spiro atoms. The third-order valence-electron chi connectivity index (χ3n) is 6.10. The summed E-state index contributed by atoms with van der Waals surface area (Å²) in [6.45, 7) is 0. The lowest BCUT2D eigenvalue weighted by Crippen LogP contribution is -2.31. The summed E-state index contributed by atoms with van der Waals surface area (Å²) in [6, 6.07) is 26.5. The van der Waals surface area contributed by atoms with Gasteiger partial charge in [-0.25, -0.2) is 0 Å². The van der Waals surface area contributed by atoms with Gasteiger partial charge in [-0.2, -0.15) is 0 Å². The van der Waals surface area contributed by atoms with Crippen molar-refractivity contribution in [2.45, 2.75) is 6.04 Å². The van der Waals surface area contributed by atoms with Crippen LogP contribution in [0, 0.1) is 0 Å². The maximum Gasteiger partial charge on any atom is 0.294 e. The molecule has 6 heteroatoms. The van der Waals surface area contributed by atoms with Gasteiger partial charge in [0.05, 0.1) is 17.0 Å². The molecule has 6 nitrogen and oxygen atoms in total. The van der Waals surface area contributed by atoms with Crippen LogP contribution < -0.4 is 4.90 Å². The topological polar surface area (TPSA) is 83.6 Å². The lowest BCUT2D eigenvalue weighted by atomic mass is 9.97. The molecular formula is C28H18N2O4. The molecule has 164 valence electrons.